The summed E-state index contributed by atoms with van der Waals surface area (Å²) in [6.45, 7) is 2.23. The Kier molecular flexibility index (Phi) is 8.22. The first kappa shape index (κ1) is 17.8. The quantitative estimate of drug-likeness (QED) is 0.722. The molecular weight excluding hydrogens is 310 g/mol. The van der Waals surface area contributed by atoms with Gasteiger partial charge in [0, 0.05) is 26.6 Å². The number of amides is 1. The third kappa shape index (κ3) is 5.97. The Morgan fingerprint density at radius 1 is 1.33 bits per heavy atom. The van der Waals surface area contributed by atoms with Gasteiger partial charge in [-0.15, -0.1) is 23.7 Å². The van der Waals surface area contributed by atoms with E-state index < -0.39 is 0 Å². The summed E-state index contributed by atoms with van der Waals surface area (Å²) >= 11 is 1.68. The maximum atomic E-state index is 11.5. The van der Waals surface area contributed by atoms with Crippen molar-refractivity contribution in [2.24, 2.45) is 0 Å². The van der Waals surface area contributed by atoms with Crippen molar-refractivity contribution in [3.8, 4) is 0 Å². The number of fused-ring (bicyclic) bond motifs is 1. The average molecular weight is 330 g/mol. The lowest BCUT2D eigenvalue weighted by molar-refractivity contribution is -0.120. The summed E-state index contributed by atoms with van der Waals surface area (Å²) in [7, 11) is 1.64. The van der Waals surface area contributed by atoms with Gasteiger partial charge in [-0.2, -0.15) is 0 Å². The number of aromatic nitrogens is 1. The highest BCUT2D eigenvalue weighted by Crippen LogP contribution is 2.21. The molecule has 1 aromatic heterocycles. The zero-order valence-electron chi connectivity index (χ0n) is 11.9. The minimum Gasteiger partial charge on any atom is -0.383 e. The summed E-state index contributed by atoms with van der Waals surface area (Å²) in [5.74, 6) is 0.00205. The highest BCUT2D eigenvalue weighted by Gasteiger charge is 2.04. The Morgan fingerprint density at radius 2 is 2.14 bits per heavy atom. The number of ether oxygens (including phenoxy) is 1. The van der Waals surface area contributed by atoms with Gasteiger partial charge in [-0.25, -0.2) is 4.98 Å². The Bertz CT molecular complexity index is 529. The number of methoxy groups -OCH3 is 1. The standard InChI is InChI=1S/C14H19N3O2S.ClH/c1-19-9-8-15-10-13(18)16-7-6-14-17-11-4-2-3-5-12(11)20-14;/h2-5,15H,6-10H2,1H3,(H,16,18);1H. The van der Waals surface area contributed by atoms with Gasteiger partial charge in [-0.05, 0) is 12.1 Å². The molecule has 2 aromatic rings. The van der Waals surface area contributed by atoms with Gasteiger partial charge in [0.15, 0.2) is 0 Å². The summed E-state index contributed by atoms with van der Waals surface area (Å²) in [5, 5.41) is 6.94. The Morgan fingerprint density at radius 3 is 2.90 bits per heavy atom. The molecule has 0 radical (unpaired) electrons. The molecule has 0 saturated heterocycles. The fraction of sp³-hybridized carbons (Fsp3) is 0.429. The predicted molar refractivity (Wildman–Crippen MR) is 88.3 cm³/mol. The molecular formula is C14H20ClN3O2S. The van der Waals surface area contributed by atoms with Crippen LogP contribution < -0.4 is 10.6 Å². The number of carbonyl (C=O) groups excluding carboxylic acids is 1. The molecule has 1 heterocycles. The van der Waals surface area contributed by atoms with Crippen molar-refractivity contribution in [3.05, 3.63) is 29.3 Å². The first-order valence-corrected chi connectivity index (χ1v) is 7.42. The van der Waals surface area contributed by atoms with Gasteiger partial charge in [-0.1, -0.05) is 12.1 Å². The molecule has 1 aromatic carbocycles. The van der Waals surface area contributed by atoms with E-state index in [0.717, 1.165) is 16.9 Å². The zero-order chi connectivity index (χ0) is 14.2. The van der Waals surface area contributed by atoms with Gasteiger partial charge in [-0.3, -0.25) is 4.79 Å². The summed E-state index contributed by atoms with van der Waals surface area (Å²) in [4.78, 5) is 16.1. The lowest BCUT2D eigenvalue weighted by atomic mass is 10.3. The van der Waals surface area contributed by atoms with Crippen molar-refractivity contribution >= 4 is 39.9 Å². The minimum atomic E-state index is 0. The van der Waals surface area contributed by atoms with Gasteiger partial charge in [0.1, 0.15) is 0 Å². The molecule has 0 fully saturated rings. The molecule has 2 N–H and O–H groups in total. The van der Waals surface area contributed by atoms with Crippen LogP contribution in [0, 0.1) is 0 Å². The molecule has 0 unspecified atom stereocenters. The van der Waals surface area contributed by atoms with Crippen molar-refractivity contribution in [2.45, 2.75) is 6.42 Å². The average Bonchev–Trinajstić information content (AvgIpc) is 2.86. The van der Waals surface area contributed by atoms with Gasteiger partial charge >= 0.3 is 0 Å². The molecule has 0 atom stereocenters. The molecule has 0 aliphatic rings. The Balaban J connectivity index is 0.00000220. The van der Waals surface area contributed by atoms with Crippen LogP contribution in [0.1, 0.15) is 5.01 Å². The normalized spacial score (nSPS) is 10.3. The number of nitrogens with zero attached hydrogens (tertiary/aromatic N) is 1. The Labute approximate surface area is 134 Å². The van der Waals surface area contributed by atoms with Crippen LogP contribution >= 0.6 is 23.7 Å². The summed E-state index contributed by atoms with van der Waals surface area (Å²) in [6, 6.07) is 8.07. The molecule has 2 rings (SSSR count). The van der Waals surface area contributed by atoms with Crippen LogP contribution in [-0.4, -0.2) is 44.2 Å². The monoisotopic (exact) mass is 329 g/mol. The molecule has 5 nitrogen and oxygen atoms in total. The second-order valence-electron chi connectivity index (χ2n) is 4.34. The largest absolute Gasteiger partial charge is 0.383 e. The van der Waals surface area contributed by atoms with Gasteiger partial charge in [0.2, 0.25) is 5.91 Å². The lowest BCUT2D eigenvalue weighted by Crippen LogP contribution is -2.36. The fourth-order valence-electron chi connectivity index (χ4n) is 1.77. The first-order valence-electron chi connectivity index (χ1n) is 6.60. The van der Waals surface area contributed by atoms with Crippen LogP contribution in [0.3, 0.4) is 0 Å². The van der Waals surface area contributed by atoms with Crippen molar-refractivity contribution in [1.29, 1.82) is 0 Å². The number of benzene rings is 1. The first-order chi connectivity index (χ1) is 9.79. The molecule has 0 aliphatic heterocycles. The number of thiazole rings is 1. The third-order valence-electron chi connectivity index (χ3n) is 2.77. The molecule has 0 bridgehead atoms. The van der Waals surface area contributed by atoms with E-state index in [2.05, 4.69) is 21.7 Å². The van der Waals surface area contributed by atoms with E-state index in [1.165, 1.54) is 4.70 Å². The topological polar surface area (TPSA) is 63.2 Å². The molecule has 0 spiro atoms. The summed E-state index contributed by atoms with van der Waals surface area (Å²) in [6.07, 6.45) is 0.767. The highest BCUT2D eigenvalue weighted by molar-refractivity contribution is 7.18. The number of hydrogen-bond donors (Lipinski definition) is 2. The van der Waals surface area contributed by atoms with E-state index in [-0.39, 0.29) is 18.3 Å². The maximum absolute atomic E-state index is 11.5. The summed E-state index contributed by atoms with van der Waals surface area (Å²) < 4.78 is 6.08. The smallest absolute Gasteiger partial charge is 0.233 e. The predicted octanol–water partition coefficient (Wildman–Crippen LogP) is 1.61. The Hall–Kier alpha value is -1.21. The summed E-state index contributed by atoms with van der Waals surface area (Å²) in [5.41, 5.74) is 1.03. The lowest BCUT2D eigenvalue weighted by Gasteiger charge is -2.05. The van der Waals surface area contributed by atoms with E-state index >= 15 is 0 Å². The van der Waals surface area contributed by atoms with Gasteiger partial charge < -0.3 is 15.4 Å². The number of para-hydroxylation sites is 1. The second kappa shape index (κ2) is 9.68. The molecule has 1 amide bonds. The van der Waals surface area contributed by atoms with Crippen molar-refractivity contribution < 1.29 is 9.53 Å². The molecule has 21 heavy (non-hydrogen) atoms. The van der Waals surface area contributed by atoms with Crippen LogP contribution in [0.15, 0.2) is 24.3 Å². The van der Waals surface area contributed by atoms with Crippen LogP contribution in [0.5, 0.6) is 0 Å². The van der Waals surface area contributed by atoms with E-state index in [9.17, 15) is 4.79 Å². The van der Waals surface area contributed by atoms with Crippen LogP contribution in [0.25, 0.3) is 10.2 Å². The van der Waals surface area contributed by atoms with Gasteiger partial charge in [0.25, 0.3) is 0 Å². The number of carbonyl (C=O) groups is 1. The number of rotatable bonds is 8. The van der Waals surface area contributed by atoms with Crippen molar-refractivity contribution in [3.63, 3.8) is 0 Å². The number of hydrogen-bond acceptors (Lipinski definition) is 5. The fourth-order valence-corrected chi connectivity index (χ4v) is 2.74. The number of halogens is 1. The number of nitrogens with one attached hydrogen (secondary N) is 2. The second-order valence-corrected chi connectivity index (χ2v) is 5.46. The third-order valence-corrected chi connectivity index (χ3v) is 3.86. The molecule has 0 saturated carbocycles. The minimum absolute atomic E-state index is 0. The van der Waals surface area contributed by atoms with E-state index in [1.54, 1.807) is 18.4 Å². The van der Waals surface area contributed by atoms with E-state index in [0.29, 0.717) is 26.2 Å². The highest BCUT2D eigenvalue weighted by atomic mass is 35.5. The van der Waals surface area contributed by atoms with Crippen molar-refractivity contribution in [1.82, 2.24) is 15.6 Å². The van der Waals surface area contributed by atoms with Crippen LogP contribution in [-0.2, 0) is 16.0 Å². The van der Waals surface area contributed by atoms with Crippen molar-refractivity contribution in [2.75, 3.05) is 33.4 Å². The zero-order valence-corrected chi connectivity index (χ0v) is 13.6. The van der Waals surface area contributed by atoms with Crippen LogP contribution in [0.2, 0.25) is 0 Å². The molecule has 0 aliphatic carbocycles. The van der Waals surface area contributed by atoms with E-state index in [1.807, 2.05) is 18.2 Å². The van der Waals surface area contributed by atoms with Gasteiger partial charge in [0.05, 0.1) is 28.4 Å². The molecule has 116 valence electrons. The SMILES string of the molecule is COCCNCC(=O)NCCc1nc2ccccc2s1.Cl. The maximum Gasteiger partial charge on any atom is 0.233 e. The van der Waals surface area contributed by atoms with E-state index in [4.69, 9.17) is 4.74 Å². The van der Waals surface area contributed by atoms with Crippen LogP contribution in [0.4, 0.5) is 0 Å². The molecule has 7 heteroatoms.